The van der Waals surface area contributed by atoms with E-state index in [1.165, 1.54) is 0 Å². The van der Waals surface area contributed by atoms with Gasteiger partial charge in [-0.1, -0.05) is 7.43 Å². The van der Waals surface area contributed by atoms with Gasteiger partial charge in [0.05, 0.1) is 0 Å². The van der Waals surface area contributed by atoms with Crippen molar-refractivity contribution < 1.29 is 36.5 Å². The summed E-state index contributed by atoms with van der Waals surface area (Å²) in [6.07, 6.45) is 0. The van der Waals surface area contributed by atoms with E-state index in [1.54, 1.807) is 0 Å². The molecule has 0 aromatic heterocycles. The second-order valence-corrected chi connectivity index (χ2v) is 0. The van der Waals surface area contributed by atoms with Crippen LogP contribution in [0.5, 0.6) is 0 Å². The quantitative estimate of drug-likeness (QED) is 0.513. The molecule has 0 rings (SSSR count). The van der Waals surface area contributed by atoms with Crippen molar-refractivity contribution in [2.24, 2.45) is 0 Å². The molecular formula is CH7MnNZn. The molecule has 0 aromatic carbocycles. The van der Waals surface area contributed by atoms with Crippen LogP contribution in [0.4, 0.5) is 0 Å². The van der Waals surface area contributed by atoms with Crippen molar-refractivity contribution in [3.8, 4) is 0 Å². The smallest absolute Gasteiger partial charge is 0 e. The predicted molar refractivity (Wildman–Crippen MR) is 11.8 cm³/mol. The van der Waals surface area contributed by atoms with E-state index in [-0.39, 0.29) is 50.1 Å². The van der Waals surface area contributed by atoms with E-state index in [0.29, 0.717) is 0 Å². The molecule has 25 valence electrons. The predicted octanol–water partition coefficient (Wildman–Crippen LogP) is 0.793. The van der Waals surface area contributed by atoms with Gasteiger partial charge in [0.25, 0.3) is 0 Å². The Hall–Kier alpha value is 1.10. The van der Waals surface area contributed by atoms with Crippen LogP contribution in [0.1, 0.15) is 7.43 Å². The zero-order valence-corrected chi connectivity index (χ0v) is 5.94. The summed E-state index contributed by atoms with van der Waals surface area (Å²) in [6.45, 7) is 0. The van der Waals surface area contributed by atoms with Crippen LogP contribution in [0.25, 0.3) is 0 Å². The van der Waals surface area contributed by atoms with Gasteiger partial charge in [-0.25, -0.2) is 0 Å². The summed E-state index contributed by atoms with van der Waals surface area (Å²) in [5.74, 6) is 0. The minimum atomic E-state index is 0. The Labute approximate surface area is 50.4 Å². The summed E-state index contributed by atoms with van der Waals surface area (Å²) in [6, 6.07) is 0. The molecule has 0 bridgehead atoms. The van der Waals surface area contributed by atoms with Crippen LogP contribution in [0.2, 0.25) is 0 Å². The molecule has 1 nitrogen and oxygen atoms in total. The summed E-state index contributed by atoms with van der Waals surface area (Å²) in [4.78, 5) is 0. The van der Waals surface area contributed by atoms with Crippen molar-refractivity contribution in [1.82, 2.24) is 6.15 Å². The summed E-state index contributed by atoms with van der Waals surface area (Å²) in [5, 5.41) is 0. The first-order chi connectivity index (χ1) is 0. The van der Waals surface area contributed by atoms with Gasteiger partial charge in [0.1, 0.15) is 0 Å². The molecule has 3 heteroatoms. The normalized spacial score (nSPS) is 0. The van der Waals surface area contributed by atoms with Crippen molar-refractivity contribution in [2.45, 2.75) is 7.43 Å². The molecule has 0 saturated carbocycles. The van der Waals surface area contributed by atoms with E-state index >= 15 is 0 Å². The molecule has 0 aliphatic heterocycles. The molecule has 0 fully saturated rings. The maximum absolute atomic E-state index is 0. The van der Waals surface area contributed by atoms with E-state index in [9.17, 15) is 0 Å². The van der Waals surface area contributed by atoms with E-state index in [0.717, 1.165) is 0 Å². The van der Waals surface area contributed by atoms with Gasteiger partial charge in [-0.3, -0.25) is 0 Å². The molecule has 4 heavy (non-hydrogen) atoms. The van der Waals surface area contributed by atoms with Crippen molar-refractivity contribution >= 4 is 0 Å². The van der Waals surface area contributed by atoms with Crippen molar-refractivity contribution in [2.75, 3.05) is 0 Å². The fraction of sp³-hybridized carbons (Fsp3) is 1.00. The van der Waals surface area contributed by atoms with E-state index in [2.05, 4.69) is 0 Å². The molecule has 0 heterocycles. The Kier molecular flexibility index (Phi) is 573. The maximum Gasteiger partial charge on any atom is 0 e. The second kappa shape index (κ2) is 32.5. The molecule has 1 radical (unpaired) electrons. The van der Waals surface area contributed by atoms with Crippen molar-refractivity contribution in [3.63, 3.8) is 0 Å². The molecule has 0 aromatic rings. The first-order valence-electron chi connectivity index (χ1n) is 0. The molecule has 0 unspecified atom stereocenters. The van der Waals surface area contributed by atoms with Gasteiger partial charge >= 0.3 is 0 Å². The fourth-order valence-electron chi connectivity index (χ4n) is 0. The average Bonchev–Trinajstić information content (AvgIpc) is 0. The van der Waals surface area contributed by atoms with Gasteiger partial charge in [-0.2, -0.15) is 0 Å². The molecule has 3 N–H and O–H groups in total. The number of rotatable bonds is 0. The summed E-state index contributed by atoms with van der Waals surface area (Å²) < 4.78 is 0. The first kappa shape index (κ1) is 70.6. The van der Waals surface area contributed by atoms with E-state index < -0.39 is 0 Å². The first-order valence-corrected chi connectivity index (χ1v) is 0. The Bertz CT molecular complexity index is 8.00. The minimum Gasteiger partial charge on any atom is -0.344 e. The third-order valence-electron chi connectivity index (χ3n) is 0. The number of hydrogen-bond donors (Lipinski definition) is 1. The van der Waals surface area contributed by atoms with Crippen LogP contribution < -0.4 is 6.15 Å². The second-order valence-electron chi connectivity index (χ2n) is 0. The van der Waals surface area contributed by atoms with Gasteiger partial charge in [0, 0.05) is 36.5 Å². The van der Waals surface area contributed by atoms with Crippen LogP contribution in [0.3, 0.4) is 0 Å². The Morgan fingerprint density at radius 1 is 1.00 bits per heavy atom. The molecule has 0 aliphatic rings. The molecular weight excluding hydrogens is 146 g/mol. The fourth-order valence-corrected chi connectivity index (χ4v) is 0. The average molecular weight is 153 g/mol. The van der Waals surface area contributed by atoms with Crippen molar-refractivity contribution in [1.29, 1.82) is 0 Å². The molecule has 0 aliphatic carbocycles. The zero-order chi connectivity index (χ0) is 0. The van der Waals surface area contributed by atoms with Gasteiger partial charge in [-0.15, -0.1) is 0 Å². The van der Waals surface area contributed by atoms with Crippen LogP contribution in [0, 0.1) is 0 Å². The molecule has 0 spiro atoms. The van der Waals surface area contributed by atoms with Gasteiger partial charge in [-0.05, 0) is 0 Å². The van der Waals surface area contributed by atoms with Crippen molar-refractivity contribution in [3.05, 3.63) is 0 Å². The monoisotopic (exact) mass is 152 g/mol. The Morgan fingerprint density at radius 3 is 1.00 bits per heavy atom. The molecule has 0 atom stereocenters. The SMILES string of the molecule is C.N.[Mn].[Zn]. The summed E-state index contributed by atoms with van der Waals surface area (Å²) in [5.41, 5.74) is 0. The zero-order valence-electron chi connectivity index (χ0n) is 1.79. The largest absolute Gasteiger partial charge is 0.344 e. The van der Waals surface area contributed by atoms with E-state index in [4.69, 9.17) is 0 Å². The number of hydrogen-bond acceptors (Lipinski definition) is 1. The van der Waals surface area contributed by atoms with Gasteiger partial charge < -0.3 is 6.15 Å². The summed E-state index contributed by atoms with van der Waals surface area (Å²) >= 11 is 0. The summed E-state index contributed by atoms with van der Waals surface area (Å²) in [7, 11) is 0. The Balaban J connectivity index is 0. The standard InChI is InChI=1S/CH4.Mn.H3N.Zn/h1H4;;1H3;. The van der Waals surface area contributed by atoms with Crippen LogP contribution in [-0.2, 0) is 36.5 Å². The Morgan fingerprint density at radius 2 is 1.00 bits per heavy atom. The minimum absolute atomic E-state index is 0. The molecule has 0 saturated heterocycles. The van der Waals surface area contributed by atoms with Crippen LogP contribution in [0.15, 0.2) is 0 Å². The third kappa shape index (κ3) is 11.3. The topological polar surface area (TPSA) is 35.0 Å². The van der Waals surface area contributed by atoms with Gasteiger partial charge in [0.15, 0.2) is 0 Å². The third-order valence-corrected chi connectivity index (χ3v) is 0. The van der Waals surface area contributed by atoms with Gasteiger partial charge in [0.2, 0.25) is 0 Å². The molecule has 0 amide bonds. The van der Waals surface area contributed by atoms with E-state index in [1.807, 2.05) is 0 Å². The van der Waals surface area contributed by atoms with Crippen LogP contribution >= 0.6 is 0 Å². The van der Waals surface area contributed by atoms with Crippen LogP contribution in [-0.4, -0.2) is 0 Å². The maximum atomic E-state index is 0.